The van der Waals surface area contributed by atoms with Crippen LogP contribution >= 0.6 is 0 Å². The summed E-state index contributed by atoms with van der Waals surface area (Å²) in [5, 5.41) is 0. The molecule has 0 aromatic heterocycles. The van der Waals surface area contributed by atoms with Crippen LogP contribution in [0.25, 0.3) is 0 Å². The Morgan fingerprint density at radius 3 is 2.46 bits per heavy atom. The number of carbonyl (C=O) groups is 2. The van der Waals surface area contributed by atoms with E-state index in [1.165, 1.54) is 12.1 Å². The molecule has 2 aliphatic rings. The Morgan fingerprint density at radius 2 is 1.88 bits per heavy atom. The summed E-state index contributed by atoms with van der Waals surface area (Å²) in [6.07, 6.45) is 2.89. The van der Waals surface area contributed by atoms with Gasteiger partial charge >= 0.3 is 0 Å². The minimum atomic E-state index is -0.380. The third-order valence-corrected chi connectivity index (χ3v) is 4.80. The number of carbonyl (C=O) groups excluding carboxylic acids is 2. The lowest BCUT2D eigenvalue weighted by molar-refractivity contribution is -0.144. The van der Waals surface area contributed by atoms with Crippen molar-refractivity contribution in [2.24, 2.45) is 0 Å². The third kappa shape index (κ3) is 3.68. The molecule has 24 heavy (non-hydrogen) atoms. The third-order valence-electron chi connectivity index (χ3n) is 4.80. The van der Waals surface area contributed by atoms with Gasteiger partial charge in [-0.3, -0.25) is 9.59 Å². The molecule has 2 saturated heterocycles. The maximum atomic E-state index is 12.9. The minimum absolute atomic E-state index is 0.0190. The largest absolute Gasteiger partial charge is 0.490 e. The second-order valence-electron chi connectivity index (χ2n) is 6.46. The van der Waals surface area contributed by atoms with E-state index in [4.69, 9.17) is 4.74 Å². The average Bonchev–Trinajstić information content (AvgIpc) is 3.02. The van der Waals surface area contributed by atoms with Crippen LogP contribution in [0.3, 0.4) is 0 Å². The van der Waals surface area contributed by atoms with Crippen molar-refractivity contribution in [1.82, 2.24) is 9.80 Å². The number of halogens is 1. The molecule has 130 valence electrons. The molecule has 5 nitrogen and oxygen atoms in total. The van der Waals surface area contributed by atoms with E-state index in [2.05, 4.69) is 0 Å². The van der Waals surface area contributed by atoms with E-state index in [1.54, 1.807) is 17.0 Å². The van der Waals surface area contributed by atoms with Crippen molar-refractivity contribution < 1.29 is 18.7 Å². The molecule has 1 unspecified atom stereocenters. The zero-order valence-corrected chi connectivity index (χ0v) is 13.9. The van der Waals surface area contributed by atoms with Crippen LogP contribution in [0, 0.1) is 5.82 Å². The number of hydrogen-bond acceptors (Lipinski definition) is 3. The molecule has 1 aromatic rings. The standard InChI is InChI=1S/C18H23FN2O3/c1-13(21-10-2-3-17(21)22)18(23)20-11-8-16(9-12-20)24-15-6-4-14(19)5-7-15/h4-7,13,16H,2-3,8-12H2,1H3. The summed E-state index contributed by atoms with van der Waals surface area (Å²) in [6.45, 7) is 3.73. The van der Waals surface area contributed by atoms with E-state index in [0.29, 0.717) is 31.8 Å². The predicted octanol–water partition coefficient (Wildman–Crippen LogP) is 2.21. The van der Waals surface area contributed by atoms with Gasteiger partial charge in [0.25, 0.3) is 0 Å². The van der Waals surface area contributed by atoms with Crippen LogP contribution in [0.4, 0.5) is 4.39 Å². The van der Waals surface area contributed by atoms with E-state index in [-0.39, 0.29) is 29.8 Å². The summed E-state index contributed by atoms with van der Waals surface area (Å²) in [5.41, 5.74) is 0. The number of hydrogen-bond donors (Lipinski definition) is 0. The van der Waals surface area contributed by atoms with E-state index >= 15 is 0 Å². The molecule has 0 aliphatic carbocycles. The summed E-state index contributed by atoms with van der Waals surface area (Å²) < 4.78 is 18.8. The number of ether oxygens (including phenoxy) is 1. The molecule has 2 aliphatic heterocycles. The monoisotopic (exact) mass is 334 g/mol. The Kier molecular flexibility index (Phi) is 5.02. The number of likely N-dealkylation sites (tertiary alicyclic amines) is 2. The highest BCUT2D eigenvalue weighted by Crippen LogP contribution is 2.21. The Morgan fingerprint density at radius 1 is 1.21 bits per heavy atom. The van der Waals surface area contributed by atoms with Crippen molar-refractivity contribution in [3.05, 3.63) is 30.1 Å². The van der Waals surface area contributed by atoms with Gasteiger partial charge in [0.15, 0.2) is 0 Å². The van der Waals surface area contributed by atoms with Crippen LogP contribution < -0.4 is 4.74 Å². The van der Waals surface area contributed by atoms with Gasteiger partial charge in [-0.15, -0.1) is 0 Å². The predicted molar refractivity (Wildman–Crippen MR) is 87.0 cm³/mol. The SMILES string of the molecule is CC(C(=O)N1CCC(Oc2ccc(F)cc2)CC1)N1CCCC1=O. The lowest BCUT2D eigenvalue weighted by Crippen LogP contribution is -2.50. The Balaban J connectivity index is 1.50. The fourth-order valence-corrected chi connectivity index (χ4v) is 3.38. The summed E-state index contributed by atoms with van der Waals surface area (Å²) in [4.78, 5) is 27.9. The molecule has 2 fully saturated rings. The van der Waals surface area contributed by atoms with Crippen LogP contribution in [0.1, 0.15) is 32.6 Å². The van der Waals surface area contributed by atoms with Gasteiger partial charge in [0.1, 0.15) is 23.7 Å². The molecular weight excluding hydrogens is 311 g/mol. The van der Waals surface area contributed by atoms with Crippen molar-refractivity contribution in [2.75, 3.05) is 19.6 Å². The quantitative estimate of drug-likeness (QED) is 0.848. The van der Waals surface area contributed by atoms with Gasteiger partial charge in [0.2, 0.25) is 11.8 Å². The van der Waals surface area contributed by atoms with E-state index in [1.807, 2.05) is 11.8 Å². The summed E-state index contributed by atoms with van der Waals surface area (Å²) >= 11 is 0. The van der Waals surface area contributed by atoms with E-state index < -0.39 is 0 Å². The molecular formula is C18H23FN2O3. The van der Waals surface area contributed by atoms with E-state index in [9.17, 15) is 14.0 Å². The molecule has 2 amide bonds. The van der Waals surface area contributed by atoms with Gasteiger partial charge in [-0.05, 0) is 37.6 Å². The lowest BCUT2D eigenvalue weighted by Gasteiger charge is -2.35. The number of amides is 2. The molecule has 6 heteroatoms. The second kappa shape index (κ2) is 7.20. The fourth-order valence-electron chi connectivity index (χ4n) is 3.38. The zero-order chi connectivity index (χ0) is 17.1. The summed E-state index contributed by atoms with van der Waals surface area (Å²) in [6, 6.07) is 5.61. The maximum Gasteiger partial charge on any atom is 0.245 e. The minimum Gasteiger partial charge on any atom is -0.490 e. The number of rotatable bonds is 4. The molecule has 0 saturated carbocycles. The molecule has 1 atom stereocenters. The fraction of sp³-hybridized carbons (Fsp3) is 0.556. The average molecular weight is 334 g/mol. The van der Waals surface area contributed by atoms with Gasteiger partial charge in [-0.25, -0.2) is 4.39 Å². The topological polar surface area (TPSA) is 49.9 Å². The van der Waals surface area contributed by atoms with Crippen molar-refractivity contribution in [1.29, 1.82) is 0 Å². The van der Waals surface area contributed by atoms with Crippen molar-refractivity contribution in [2.45, 2.75) is 44.8 Å². The first-order chi connectivity index (χ1) is 11.5. The Labute approximate surface area is 141 Å². The second-order valence-corrected chi connectivity index (χ2v) is 6.46. The van der Waals surface area contributed by atoms with Crippen LogP contribution in [-0.2, 0) is 9.59 Å². The Hall–Kier alpha value is -2.11. The Bertz CT molecular complexity index is 597. The first-order valence-corrected chi connectivity index (χ1v) is 8.55. The van der Waals surface area contributed by atoms with Crippen LogP contribution in [0.15, 0.2) is 24.3 Å². The van der Waals surface area contributed by atoms with Gasteiger partial charge in [0.05, 0.1) is 0 Å². The summed E-state index contributed by atoms with van der Waals surface area (Å²) in [5.74, 6) is 0.460. The highest BCUT2D eigenvalue weighted by atomic mass is 19.1. The van der Waals surface area contributed by atoms with E-state index in [0.717, 1.165) is 19.3 Å². The van der Waals surface area contributed by atoms with Crippen LogP contribution in [0.2, 0.25) is 0 Å². The van der Waals surface area contributed by atoms with Gasteiger partial charge in [0, 0.05) is 38.9 Å². The van der Waals surface area contributed by atoms with Gasteiger partial charge in [-0.1, -0.05) is 0 Å². The highest BCUT2D eigenvalue weighted by molar-refractivity contribution is 5.88. The lowest BCUT2D eigenvalue weighted by atomic mass is 10.1. The van der Waals surface area contributed by atoms with Gasteiger partial charge in [-0.2, -0.15) is 0 Å². The van der Waals surface area contributed by atoms with Crippen LogP contribution in [-0.4, -0.2) is 53.4 Å². The molecule has 0 N–H and O–H groups in total. The zero-order valence-electron chi connectivity index (χ0n) is 13.9. The molecule has 0 bridgehead atoms. The molecule has 1 aromatic carbocycles. The maximum absolute atomic E-state index is 12.9. The normalized spacial score (nSPS) is 20.3. The molecule has 0 radical (unpaired) electrons. The van der Waals surface area contributed by atoms with Gasteiger partial charge < -0.3 is 14.5 Å². The first-order valence-electron chi connectivity index (χ1n) is 8.55. The molecule has 0 spiro atoms. The molecule has 3 rings (SSSR count). The van der Waals surface area contributed by atoms with Crippen molar-refractivity contribution >= 4 is 11.8 Å². The first kappa shape index (κ1) is 16.7. The summed E-state index contributed by atoms with van der Waals surface area (Å²) in [7, 11) is 0. The van der Waals surface area contributed by atoms with Crippen molar-refractivity contribution in [3.8, 4) is 5.75 Å². The van der Waals surface area contributed by atoms with Crippen molar-refractivity contribution in [3.63, 3.8) is 0 Å². The molecule has 2 heterocycles. The smallest absolute Gasteiger partial charge is 0.245 e. The number of piperidine rings is 1. The number of benzene rings is 1. The van der Waals surface area contributed by atoms with Crippen LogP contribution in [0.5, 0.6) is 5.75 Å². The highest BCUT2D eigenvalue weighted by Gasteiger charge is 2.33. The number of nitrogens with zero attached hydrogens (tertiary/aromatic N) is 2.